The van der Waals surface area contributed by atoms with Gasteiger partial charge < -0.3 is 14.5 Å². The van der Waals surface area contributed by atoms with Gasteiger partial charge >= 0.3 is 0 Å². The van der Waals surface area contributed by atoms with E-state index in [-0.39, 0.29) is 11.0 Å². The fourth-order valence-corrected chi connectivity index (χ4v) is 4.87. The molecule has 27 heavy (non-hydrogen) atoms. The number of fused-ring (bicyclic) bond motifs is 2. The summed E-state index contributed by atoms with van der Waals surface area (Å²) in [6.07, 6.45) is 7.74. The molecule has 1 aliphatic carbocycles. The van der Waals surface area contributed by atoms with E-state index in [1.165, 1.54) is 5.69 Å². The van der Waals surface area contributed by atoms with Gasteiger partial charge in [0.1, 0.15) is 0 Å². The Bertz CT molecular complexity index is 878. The van der Waals surface area contributed by atoms with Gasteiger partial charge in [-0.3, -0.25) is 14.8 Å². The Kier molecular flexibility index (Phi) is 4.11. The maximum absolute atomic E-state index is 12.8. The van der Waals surface area contributed by atoms with E-state index in [1.807, 2.05) is 12.4 Å². The Morgan fingerprint density at radius 2 is 1.89 bits per heavy atom. The average Bonchev–Trinajstić information content (AvgIpc) is 3.07. The van der Waals surface area contributed by atoms with Crippen LogP contribution in [0.2, 0.25) is 0 Å². The zero-order valence-corrected chi connectivity index (χ0v) is 15.5. The molecule has 0 radical (unpaired) electrons. The molecule has 0 bridgehead atoms. The van der Waals surface area contributed by atoms with E-state index in [0.29, 0.717) is 19.2 Å². The molecule has 2 aromatic rings. The highest BCUT2D eigenvalue weighted by molar-refractivity contribution is 5.49. The minimum atomic E-state index is -0.0217. The minimum Gasteiger partial charge on any atom is -0.378 e. The number of rotatable bonds is 2. The third kappa shape index (κ3) is 2.90. The summed E-state index contributed by atoms with van der Waals surface area (Å²) in [5, 5.41) is 0. The quantitative estimate of drug-likeness (QED) is 0.867. The van der Waals surface area contributed by atoms with Crippen LogP contribution in [0.3, 0.4) is 0 Å². The van der Waals surface area contributed by atoms with Crippen LogP contribution >= 0.6 is 0 Å². The Balaban J connectivity index is 1.51. The van der Waals surface area contributed by atoms with Crippen molar-refractivity contribution < 1.29 is 4.74 Å². The second-order valence-corrected chi connectivity index (χ2v) is 7.83. The lowest BCUT2D eigenvalue weighted by Gasteiger charge is -2.42. The number of piperidine rings is 1. The Morgan fingerprint density at radius 1 is 1.07 bits per heavy atom. The van der Waals surface area contributed by atoms with Gasteiger partial charge in [-0.15, -0.1) is 0 Å². The van der Waals surface area contributed by atoms with Crippen molar-refractivity contribution in [2.24, 2.45) is 0 Å². The molecule has 5 rings (SSSR count). The standard InChI is InChI=1S/C20H25N5O2/c26-18-16-2-6-20(5-1-9-25(14-20)15-3-7-21-8-4-15)17(16)22-19(23-18)24-10-12-27-13-11-24/h3-4,7-8H,1-2,5-6,9-14H2,(H,22,23,26). The lowest BCUT2D eigenvalue weighted by molar-refractivity contribution is 0.122. The third-order valence-corrected chi connectivity index (χ3v) is 6.27. The summed E-state index contributed by atoms with van der Waals surface area (Å²) < 4.78 is 5.44. The van der Waals surface area contributed by atoms with Crippen LogP contribution in [-0.2, 0) is 16.6 Å². The number of pyridine rings is 1. The highest BCUT2D eigenvalue weighted by Gasteiger charge is 2.45. The molecule has 1 unspecified atom stereocenters. The first-order valence-corrected chi connectivity index (χ1v) is 9.87. The third-order valence-electron chi connectivity index (χ3n) is 6.27. The van der Waals surface area contributed by atoms with E-state index < -0.39 is 0 Å². The Hall–Kier alpha value is -2.41. The highest BCUT2D eigenvalue weighted by Crippen LogP contribution is 2.44. The molecule has 2 saturated heterocycles. The summed E-state index contributed by atoms with van der Waals surface area (Å²) in [4.78, 5) is 29.5. The van der Waals surface area contributed by atoms with E-state index in [2.05, 4.69) is 31.9 Å². The van der Waals surface area contributed by atoms with Crippen LogP contribution < -0.4 is 15.4 Å². The van der Waals surface area contributed by atoms with Crippen molar-refractivity contribution in [3.63, 3.8) is 0 Å². The summed E-state index contributed by atoms with van der Waals surface area (Å²) in [6.45, 7) is 4.88. The topological polar surface area (TPSA) is 74.3 Å². The van der Waals surface area contributed by atoms with Crippen LogP contribution in [0, 0.1) is 0 Å². The van der Waals surface area contributed by atoms with Gasteiger partial charge in [-0.25, -0.2) is 4.98 Å². The fraction of sp³-hybridized carbons (Fsp3) is 0.550. The lowest BCUT2D eigenvalue weighted by atomic mass is 9.77. The lowest BCUT2D eigenvalue weighted by Crippen LogP contribution is -2.46. The van der Waals surface area contributed by atoms with Crippen LogP contribution in [0.25, 0.3) is 0 Å². The highest BCUT2D eigenvalue weighted by atomic mass is 16.5. The largest absolute Gasteiger partial charge is 0.378 e. The van der Waals surface area contributed by atoms with Crippen molar-refractivity contribution >= 4 is 11.6 Å². The molecule has 1 atom stereocenters. The number of H-pyrrole nitrogens is 1. The molecule has 2 aromatic heterocycles. The van der Waals surface area contributed by atoms with Crippen molar-refractivity contribution in [2.45, 2.75) is 31.1 Å². The Labute approximate surface area is 158 Å². The van der Waals surface area contributed by atoms with E-state index in [1.54, 1.807) is 0 Å². The van der Waals surface area contributed by atoms with Gasteiger partial charge in [0.25, 0.3) is 5.56 Å². The van der Waals surface area contributed by atoms with E-state index in [0.717, 1.165) is 63.1 Å². The van der Waals surface area contributed by atoms with Gasteiger partial charge in [0.2, 0.25) is 5.95 Å². The second kappa shape index (κ2) is 6.64. The second-order valence-electron chi connectivity index (χ2n) is 7.83. The van der Waals surface area contributed by atoms with Crippen LogP contribution in [0.5, 0.6) is 0 Å². The molecule has 1 N–H and O–H groups in total. The van der Waals surface area contributed by atoms with Gasteiger partial charge in [0.15, 0.2) is 0 Å². The Morgan fingerprint density at radius 3 is 2.70 bits per heavy atom. The molecular formula is C20H25N5O2. The monoisotopic (exact) mass is 367 g/mol. The zero-order chi connectivity index (χ0) is 18.3. The molecule has 1 spiro atoms. The van der Waals surface area contributed by atoms with E-state index in [9.17, 15) is 4.79 Å². The van der Waals surface area contributed by atoms with Crippen molar-refractivity contribution in [1.82, 2.24) is 15.0 Å². The SMILES string of the molecule is O=c1[nH]c(N2CCOCC2)nc2c1CCC21CCCN(c2ccncc2)C1. The molecule has 0 amide bonds. The number of anilines is 2. The summed E-state index contributed by atoms with van der Waals surface area (Å²) in [6, 6.07) is 4.14. The van der Waals surface area contributed by atoms with E-state index in [4.69, 9.17) is 9.72 Å². The van der Waals surface area contributed by atoms with Crippen LogP contribution in [0.4, 0.5) is 11.6 Å². The first-order valence-electron chi connectivity index (χ1n) is 9.87. The smallest absolute Gasteiger partial charge is 0.255 e. The van der Waals surface area contributed by atoms with Gasteiger partial charge in [-0.1, -0.05) is 0 Å². The number of aromatic amines is 1. The number of hydrogen-bond acceptors (Lipinski definition) is 6. The number of nitrogens with zero attached hydrogens (tertiary/aromatic N) is 4. The van der Waals surface area contributed by atoms with Crippen LogP contribution in [0.15, 0.2) is 29.3 Å². The summed E-state index contributed by atoms with van der Waals surface area (Å²) in [5.74, 6) is 0.712. The summed E-state index contributed by atoms with van der Waals surface area (Å²) in [5.41, 5.74) is 3.15. The van der Waals surface area contributed by atoms with Gasteiger partial charge in [-0.2, -0.15) is 0 Å². The number of hydrogen-bond donors (Lipinski definition) is 1. The average molecular weight is 367 g/mol. The van der Waals surface area contributed by atoms with Crippen molar-refractivity contribution in [3.05, 3.63) is 46.1 Å². The fourth-order valence-electron chi connectivity index (χ4n) is 4.87. The molecule has 0 aromatic carbocycles. The zero-order valence-electron chi connectivity index (χ0n) is 15.5. The summed E-state index contributed by atoms with van der Waals surface area (Å²) in [7, 11) is 0. The molecule has 2 aliphatic heterocycles. The predicted octanol–water partition coefficient (Wildman–Crippen LogP) is 1.49. The molecule has 7 heteroatoms. The van der Waals surface area contributed by atoms with E-state index >= 15 is 0 Å². The van der Waals surface area contributed by atoms with Crippen molar-refractivity contribution in [1.29, 1.82) is 0 Å². The summed E-state index contributed by atoms with van der Waals surface area (Å²) >= 11 is 0. The molecule has 7 nitrogen and oxygen atoms in total. The van der Waals surface area contributed by atoms with Gasteiger partial charge in [-0.05, 0) is 37.8 Å². The number of nitrogens with one attached hydrogen (secondary N) is 1. The molecule has 3 aliphatic rings. The van der Waals surface area contributed by atoms with Crippen LogP contribution in [-0.4, -0.2) is 54.3 Å². The number of morpholine rings is 1. The maximum atomic E-state index is 12.8. The molecule has 142 valence electrons. The van der Waals surface area contributed by atoms with Crippen LogP contribution in [0.1, 0.15) is 30.5 Å². The van der Waals surface area contributed by atoms with Gasteiger partial charge in [0, 0.05) is 55.2 Å². The molecule has 0 saturated carbocycles. The molecule has 2 fully saturated rings. The van der Waals surface area contributed by atoms with Gasteiger partial charge in [0.05, 0.1) is 18.9 Å². The van der Waals surface area contributed by atoms with Crippen molar-refractivity contribution in [3.8, 4) is 0 Å². The predicted molar refractivity (Wildman–Crippen MR) is 104 cm³/mol. The van der Waals surface area contributed by atoms with Crippen molar-refractivity contribution in [2.75, 3.05) is 49.2 Å². The number of ether oxygens (including phenoxy) is 1. The molecule has 4 heterocycles. The number of aromatic nitrogens is 3. The normalized spacial score (nSPS) is 25.0. The maximum Gasteiger partial charge on any atom is 0.255 e. The minimum absolute atomic E-state index is 0.0217. The first kappa shape index (κ1) is 16.7. The molecular weight excluding hydrogens is 342 g/mol. The first-order chi connectivity index (χ1) is 13.3.